The maximum absolute atomic E-state index is 12.6. The maximum atomic E-state index is 12.6. The lowest BCUT2D eigenvalue weighted by Gasteiger charge is -2.19. The highest BCUT2D eigenvalue weighted by atomic mass is 16.2. The Morgan fingerprint density at radius 1 is 1.15 bits per heavy atom. The van der Waals surface area contributed by atoms with Crippen molar-refractivity contribution in [1.29, 1.82) is 0 Å². The largest absolute Gasteiger partial charge is 0.365 e. The molecule has 1 aromatic heterocycles. The van der Waals surface area contributed by atoms with Crippen LogP contribution in [0.15, 0.2) is 48.7 Å². The van der Waals surface area contributed by atoms with Gasteiger partial charge in [0, 0.05) is 31.3 Å². The first-order valence-electron chi connectivity index (χ1n) is 9.47. The number of hydrogen-bond acceptors (Lipinski definition) is 4. The molecular weight excluding hydrogens is 336 g/mol. The number of nitrogens with zero attached hydrogens (tertiary/aromatic N) is 3. The number of hydrogen-bond donors (Lipinski definition) is 1. The number of rotatable bonds is 5. The Morgan fingerprint density at radius 3 is 2.81 bits per heavy atom. The minimum absolute atomic E-state index is 0.0760. The van der Waals surface area contributed by atoms with Gasteiger partial charge in [0.25, 0.3) is 0 Å². The highest BCUT2D eigenvalue weighted by Crippen LogP contribution is 2.24. The van der Waals surface area contributed by atoms with Crippen LogP contribution in [0, 0.1) is 6.92 Å². The molecule has 1 unspecified atom stereocenters. The van der Waals surface area contributed by atoms with Gasteiger partial charge >= 0.3 is 0 Å². The lowest BCUT2D eigenvalue weighted by Crippen LogP contribution is -2.28. The molecule has 0 saturated carbocycles. The molecule has 5 heteroatoms. The smallest absolute Gasteiger partial charge is 0.225 e. The van der Waals surface area contributed by atoms with Gasteiger partial charge in [0.1, 0.15) is 11.6 Å². The van der Waals surface area contributed by atoms with E-state index in [0.29, 0.717) is 19.5 Å². The van der Waals surface area contributed by atoms with Crippen LogP contribution >= 0.6 is 0 Å². The third-order valence-electron chi connectivity index (χ3n) is 5.16. The second-order valence-electron chi connectivity index (χ2n) is 7.10. The zero-order valence-electron chi connectivity index (χ0n) is 15.8. The number of likely N-dealkylation sites (tertiary alicyclic amines) is 1. The van der Waals surface area contributed by atoms with Crippen LogP contribution in [0.1, 0.15) is 30.3 Å². The summed E-state index contributed by atoms with van der Waals surface area (Å²) in [5, 5.41) is 5.89. The van der Waals surface area contributed by atoms with Gasteiger partial charge in [-0.1, -0.05) is 49.4 Å². The number of anilines is 1. The van der Waals surface area contributed by atoms with Crippen LogP contribution in [0.3, 0.4) is 0 Å². The third-order valence-corrected chi connectivity index (χ3v) is 5.16. The van der Waals surface area contributed by atoms with E-state index in [1.807, 2.05) is 30.2 Å². The van der Waals surface area contributed by atoms with Gasteiger partial charge in [-0.15, -0.1) is 0 Å². The fourth-order valence-corrected chi connectivity index (χ4v) is 3.73. The van der Waals surface area contributed by atoms with E-state index >= 15 is 0 Å². The van der Waals surface area contributed by atoms with Crippen LogP contribution in [0.25, 0.3) is 10.8 Å². The number of aryl methyl sites for hydroxylation is 2. The summed E-state index contributed by atoms with van der Waals surface area (Å²) in [6.07, 6.45) is 3.23. The second-order valence-corrected chi connectivity index (χ2v) is 7.10. The molecule has 1 amide bonds. The molecule has 0 aliphatic carbocycles. The molecule has 2 heterocycles. The molecule has 0 radical (unpaired) electrons. The minimum atomic E-state index is 0.0760. The number of amides is 1. The second kappa shape index (κ2) is 7.35. The minimum Gasteiger partial charge on any atom is -0.365 e. The number of fused-ring (bicyclic) bond motifs is 1. The molecule has 1 fully saturated rings. The molecule has 1 N–H and O–H groups in total. The number of carbonyl (C=O) groups is 1. The van der Waals surface area contributed by atoms with Crippen molar-refractivity contribution in [2.45, 2.75) is 39.3 Å². The average Bonchev–Trinajstić information content (AvgIpc) is 3.01. The van der Waals surface area contributed by atoms with E-state index in [0.717, 1.165) is 23.6 Å². The molecule has 1 aliphatic rings. The summed E-state index contributed by atoms with van der Waals surface area (Å²) in [7, 11) is 0. The third kappa shape index (κ3) is 3.63. The van der Waals surface area contributed by atoms with Crippen molar-refractivity contribution in [3.05, 3.63) is 65.6 Å². The predicted octanol–water partition coefficient (Wildman–Crippen LogP) is 3.71. The zero-order chi connectivity index (χ0) is 18.8. The number of benzene rings is 2. The fraction of sp³-hybridized carbons (Fsp3) is 0.318. The van der Waals surface area contributed by atoms with Crippen molar-refractivity contribution < 1.29 is 4.79 Å². The summed E-state index contributed by atoms with van der Waals surface area (Å²) >= 11 is 0. The first-order valence-corrected chi connectivity index (χ1v) is 9.47. The van der Waals surface area contributed by atoms with Crippen molar-refractivity contribution >= 4 is 22.5 Å². The van der Waals surface area contributed by atoms with Gasteiger partial charge < -0.3 is 10.2 Å². The highest BCUT2D eigenvalue weighted by Gasteiger charge is 2.30. The van der Waals surface area contributed by atoms with Gasteiger partial charge in [0.15, 0.2) is 0 Å². The van der Waals surface area contributed by atoms with E-state index in [2.05, 4.69) is 52.5 Å². The van der Waals surface area contributed by atoms with Gasteiger partial charge in [-0.2, -0.15) is 0 Å². The lowest BCUT2D eigenvalue weighted by molar-refractivity contribution is -0.128. The van der Waals surface area contributed by atoms with Crippen molar-refractivity contribution in [1.82, 2.24) is 14.9 Å². The van der Waals surface area contributed by atoms with Crippen LogP contribution in [0.4, 0.5) is 5.82 Å². The van der Waals surface area contributed by atoms with Crippen molar-refractivity contribution in [3.63, 3.8) is 0 Å². The van der Waals surface area contributed by atoms with E-state index in [-0.39, 0.29) is 11.9 Å². The van der Waals surface area contributed by atoms with Crippen LogP contribution in [0.2, 0.25) is 0 Å². The van der Waals surface area contributed by atoms with E-state index < -0.39 is 0 Å². The van der Waals surface area contributed by atoms with Gasteiger partial charge in [-0.05, 0) is 29.7 Å². The molecule has 1 atom stereocenters. The Morgan fingerprint density at radius 2 is 1.96 bits per heavy atom. The normalized spacial score (nSPS) is 16.9. The standard InChI is InChI=1S/C22H24N4O/c1-3-16-12-23-15(2)24-22(16)25-19-11-21(27)26(14-19)13-18-9-6-8-17-7-4-5-10-20(17)18/h4-10,12,19H,3,11,13-14H2,1-2H3,(H,23,24,25). The van der Waals surface area contributed by atoms with E-state index in [1.165, 1.54) is 16.3 Å². The lowest BCUT2D eigenvalue weighted by atomic mass is 10.0. The molecule has 1 saturated heterocycles. The van der Waals surface area contributed by atoms with Crippen LogP contribution in [0.5, 0.6) is 0 Å². The average molecular weight is 360 g/mol. The van der Waals surface area contributed by atoms with Crippen LogP contribution in [-0.4, -0.2) is 33.4 Å². The van der Waals surface area contributed by atoms with Crippen LogP contribution < -0.4 is 5.32 Å². The molecule has 138 valence electrons. The molecule has 27 heavy (non-hydrogen) atoms. The van der Waals surface area contributed by atoms with Gasteiger partial charge in [-0.25, -0.2) is 9.97 Å². The molecule has 4 rings (SSSR count). The van der Waals surface area contributed by atoms with Crippen LogP contribution in [-0.2, 0) is 17.8 Å². The van der Waals surface area contributed by atoms with Crippen molar-refractivity contribution in [2.75, 3.05) is 11.9 Å². The first kappa shape index (κ1) is 17.5. The summed E-state index contributed by atoms with van der Waals surface area (Å²) in [5.74, 6) is 1.78. The monoisotopic (exact) mass is 360 g/mol. The molecule has 3 aromatic rings. The molecular formula is C22H24N4O. The summed E-state index contributed by atoms with van der Waals surface area (Å²) in [5.41, 5.74) is 2.27. The summed E-state index contributed by atoms with van der Waals surface area (Å²) < 4.78 is 0. The summed E-state index contributed by atoms with van der Waals surface area (Å²) in [6.45, 7) is 5.30. The van der Waals surface area contributed by atoms with Crippen molar-refractivity contribution in [2.24, 2.45) is 0 Å². The molecule has 0 spiro atoms. The summed E-state index contributed by atoms with van der Waals surface area (Å²) in [4.78, 5) is 23.3. The molecule has 2 aromatic carbocycles. The van der Waals surface area contributed by atoms with Crippen molar-refractivity contribution in [3.8, 4) is 0 Å². The van der Waals surface area contributed by atoms with Gasteiger partial charge in [0.05, 0.1) is 6.04 Å². The quantitative estimate of drug-likeness (QED) is 0.753. The van der Waals surface area contributed by atoms with E-state index in [4.69, 9.17) is 0 Å². The Balaban J connectivity index is 1.50. The Labute approximate surface area is 159 Å². The van der Waals surface area contributed by atoms with E-state index in [1.54, 1.807) is 0 Å². The number of nitrogens with one attached hydrogen (secondary N) is 1. The molecule has 1 aliphatic heterocycles. The predicted molar refractivity (Wildman–Crippen MR) is 108 cm³/mol. The Kier molecular flexibility index (Phi) is 4.75. The van der Waals surface area contributed by atoms with Gasteiger partial charge in [0.2, 0.25) is 5.91 Å². The SMILES string of the molecule is CCc1cnc(C)nc1NC1CC(=O)N(Cc2cccc3ccccc23)C1. The number of aromatic nitrogens is 2. The van der Waals surface area contributed by atoms with E-state index in [9.17, 15) is 4.79 Å². The highest BCUT2D eigenvalue weighted by molar-refractivity contribution is 5.86. The maximum Gasteiger partial charge on any atom is 0.225 e. The van der Waals surface area contributed by atoms with Gasteiger partial charge in [-0.3, -0.25) is 4.79 Å². The molecule has 5 nitrogen and oxygen atoms in total. The Hall–Kier alpha value is -2.95. The summed E-state index contributed by atoms with van der Waals surface area (Å²) in [6, 6.07) is 14.7. The molecule has 0 bridgehead atoms. The fourth-order valence-electron chi connectivity index (χ4n) is 3.73. The first-order chi connectivity index (χ1) is 13.1. The Bertz CT molecular complexity index is 980. The topological polar surface area (TPSA) is 58.1 Å². The zero-order valence-corrected chi connectivity index (χ0v) is 15.8. The number of carbonyl (C=O) groups excluding carboxylic acids is 1.